The quantitative estimate of drug-likeness (QED) is 0.117. The molecule has 0 saturated heterocycles. The highest BCUT2D eigenvalue weighted by atomic mass is 79.9. The SMILES string of the molecule is CCCCCCCCCCCC(=O)NNC(=O)CCCCCCCCCCBr. The molecule has 0 heterocycles. The van der Waals surface area contributed by atoms with E-state index in [0.717, 1.165) is 31.0 Å². The van der Waals surface area contributed by atoms with E-state index in [1.54, 1.807) is 0 Å². The van der Waals surface area contributed by atoms with Gasteiger partial charge in [0.2, 0.25) is 11.8 Å². The minimum absolute atomic E-state index is 0.0697. The number of hydrogen-bond acceptors (Lipinski definition) is 2. The van der Waals surface area contributed by atoms with Crippen molar-refractivity contribution < 1.29 is 9.59 Å². The van der Waals surface area contributed by atoms with Gasteiger partial charge in [-0.3, -0.25) is 20.4 Å². The number of amides is 2. The van der Waals surface area contributed by atoms with E-state index in [2.05, 4.69) is 33.7 Å². The summed E-state index contributed by atoms with van der Waals surface area (Å²) in [5.74, 6) is -0.141. The normalized spacial score (nSPS) is 10.8. The third kappa shape index (κ3) is 21.7. The highest BCUT2D eigenvalue weighted by molar-refractivity contribution is 9.09. The van der Waals surface area contributed by atoms with Crippen LogP contribution in [-0.4, -0.2) is 17.1 Å². The molecule has 0 aliphatic rings. The molecule has 0 fully saturated rings. The minimum atomic E-state index is -0.0715. The van der Waals surface area contributed by atoms with Crippen molar-refractivity contribution in [3.8, 4) is 0 Å². The van der Waals surface area contributed by atoms with Crippen LogP contribution in [0.5, 0.6) is 0 Å². The maximum atomic E-state index is 11.7. The Balaban J connectivity index is 3.32. The second-order valence-electron chi connectivity index (χ2n) is 7.94. The first-order valence-corrected chi connectivity index (χ1v) is 13.0. The van der Waals surface area contributed by atoms with Crippen molar-refractivity contribution in [1.82, 2.24) is 10.9 Å². The zero-order valence-electron chi connectivity index (χ0n) is 18.3. The lowest BCUT2D eigenvalue weighted by Gasteiger charge is -2.07. The summed E-state index contributed by atoms with van der Waals surface area (Å²) in [5, 5.41) is 1.11. The summed E-state index contributed by atoms with van der Waals surface area (Å²) in [5.41, 5.74) is 5.09. The van der Waals surface area contributed by atoms with Gasteiger partial charge < -0.3 is 0 Å². The lowest BCUT2D eigenvalue weighted by atomic mass is 10.1. The second-order valence-corrected chi connectivity index (χ2v) is 8.74. The summed E-state index contributed by atoms with van der Waals surface area (Å²) in [6, 6.07) is 0. The molecule has 2 amide bonds. The monoisotopic (exact) mass is 460 g/mol. The van der Waals surface area contributed by atoms with Crippen LogP contribution in [0.2, 0.25) is 0 Å². The maximum Gasteiger partial charge on any atom is 0.238 e. The van der Waals surface area contributed by atoms with E-state index in [0.29, 0.717) is 12.8 Å². The molecule has 166 valence electrons. The fourth-order valence-corrected chi connectivity index (χ4v) is 3.70. The molecule has 0 aliphatic heterocycles. The zero-order valence-corrected chi connectivity index (χ0v) is 19.9. The van der Waals surface area contributed by atoms with E-state index >= 15 is 0 Å². The van der Waals surface area contributed by atoms with E-state index in [-0.39, 0.29) is 11.8 Å². The summed E-state index contributed by atoms with van der Waals surface area (Å²) in [6.45, 7) is 2.24. The Labute approximate surface area is 182 Å². The number of halogens is 1. The van der Waals surface area contributed by atoms with Crippen molar-refractivity contribution in [2.75, 3.05) is 5.33 Å². The molecule has 0 atom stereocenters. The highest BCUT2D eigenvalue weighted by Gasteiger charge is 2.04. The Hall–Kier alpha value is -0.580. The van der Waals surface area contributed by atoms with Crippen LogP contribution in [0.3, 0.4) is 0 Å². The molecule has 28 heavy (non-hydrogen) atoms. The molecule has 0 saturated carbocycles. The second kappa shape index (κ2) is 22.7. The molecule has 0 aromatic carbocycles. The summed E-state index contributed by atoms with van der Waals surface area (Å²) < 4.78 is 0. The Bertz CT molecular complexity index is 331. The van der Waals surface area contributed by atoms with E-state index in [9.17, 15) is 9.59 Å². The maximum absolute atomic E-state index is 11.7. The average molecular weight is 462 g/mol. The Kier molecular flexibility index (Phi) is 22.2. The molecular formula is C23H45BrN2O2. The molecule has 0 aromatic heterocycles. The summed E-state index contributed by atoms with van der Waals surface area (Å²) in [6.07, 6.45) is 21.8. The Morgan fingerprint density at radius 2 is 0.857 bits per heavy atom. The van der Waals surface area contributed by atoms with Crippen LogP contribution in [0, 0.1) is 0 Å². The van der Waals surface area contributed by atoms with Crippen molar-refractivity contribution in [3.63, 3.8) is 0 Å². The molecule has 4 nitrogen and oxygen atoms in total. The summed E-state index contributed by atoms with van der Waals surface area (Å²) in [7, 11) is 0. The van der Waals surface area contributed by atoms with Gasteiger partial charge in [0.15, 0.2) is 0 Å². The molecular weight excluding hydrogens is 416 g/mol. The number of carbonyl (C=O) groups excluding carboxylic acids is 2. The van der Waals surface area contributed by atoms with Crippen LogP contribution >= 0.6 is 15.9 Å². The molecule has 0 aliphatic carbocycles. The van der Waals surface area contributed by atoms with E-state index in [4.69, 9.17) is 0 Å². The lowest BCUT2D eigenvalue weighted by Crippen LogP contribution is -2.41. The van der Waals surface area contributed by atoms with Crippen LogP contribution in [0.25, 0.3) is 0 Å². The number of alkyl halides is 1. The van der Waals surface area contributed by atoms with Gasteiger partial charge in [-0.1, -0.05) is 113 Å². The van der Waals surface area contributed by atoms with Gasteiger partial charge in [0.1, 0.15) is 0 Å². The van der Waals surface area contributed by atoms with Gasteiger partial charge in [0.05, 0.1) is 0 Å². The first-order chi connectivity index (χ1) is 13.7. The number of hydrogen-bond donors (Lipinski definition) is 2. The van der Waals surface area contributed by atoms with Gasteiger partial charge in [-0.05, 0) is 19.3 Å². The molecule has 5 heteroatoms. The molecule has 0 aromatic rings. The largest absolute Gasteiger partial charge is 0.273 e. The highest BCUT2D eigenvalue weighted by Crippen LogP contribution is 2.11. The smallest absolute Gasteiger partial charge is 0.238 e. The third-order valence-corrected chi connectivity index (χ3v) is 5.70. The Morgan fingerprint density at radius 1 is 0.536 bits per heavy atom. The van der Waals surface area contributed by atoms with E-state index < -0.39 is 0 Å². The number of rotatable bonds is 20. The van der Waals surface area contributed by atoms with Gasteiger partial charge in [-0.2, -0.15) is 0 Å². The number of nitrogens with one attached hydrogen (secondary N) is 2. The number of carbonyl (C=O) groups is 2. The summed E-state index contributed by atoms with van der Waals surface area (Å²) >= 11 is 3.45. The van der Waals surface area contributed by atoms with Gasteiger partial charge in [-0.15, -0.1) is 0 Å². The fourth-order valence-electron chi connectivity index (χ4n) is 3.30. The van der Waals surface area contributed by atoms with Crippen LogP contribution in [0.4, 0.5) is 0 Å². The van der Waals surface area contributed by atoms with Gasteiger partial charge in [0.25, 0.3) is 0 Å². The van der Waals surface area contributed by atoms with E-state index in [1.807, 2.05) is 0 Å². The predicted octanol–water partition coefficient (Wildman–Crippen LogP) is 6.96. The Morgan fingerprint density at radius 3 is 1.21 bits per heavy atom. The predicted molar refractivity (Wildman–Crippen MR) is 123 cm³/mol. The summed E-state index contributed by atoms with van der Waals surface area (Å²) in [4.78, 5) is 23.5. The lowest BCUT2D eigenvalue weighted by molar-refractivity contribution is -0.129. The minimum Gasteiger partial charge on any atom is -0.273 e. The first-order valence-electron chi connectivity index (χ1n) is 11.8. The van der Waals surface area contributed by atoms with Crippen molar-refractivity contribution in [1.29, 1.82) is 0 Å². The molecule has 0 unspecified atom stereocenters. The van der Waals surface area contributed by atoms with Gasteiger partial charge >= 0.3 is 0 Å². The third-order valence-electron chi connectivity index (χ3n) is 5.14. The molecule has 0 radical (unpaired) electrons. The van der Waals surface area contributed by atoms with Crippen molar-refractivity contribution >= 4 is 27.7 Å². The van der Waals surface area contributed by atoms with Gasteiger partial charge in [0, 0.05) is 18.2 Å². The zero-order chi connectivity index (χ0) is 20.7. The molecule has 0 bridgehead atoms. The van der Waals surface area contributed by atoms with Crippen molar-refractivity contribution in [2.24, 2.45) is 0 Å². The van der Waals surface area contributed by atoms with Crippen LogP contribution < -0.4 is 10.9 Å². The van der Waals surface area contributed by atoms with Crippen LogP contribution in [0.15, 0.2) is 0 Å². The number of hydrazine groups is 1. The fraction of sp³-hybridized carbons (Fsp3) is 0.913. The average Bonchev–Trinajstić information content (AvgIpc) is 2.69. The molecule has 2 N–H and O–H groups in total. The molecule has 0 rings (SSSR count). The van der Waals surface area contributed by atoms with Crippen molar-refractivity contribution in [2.45, 2.75) is 129 Å². The first kappa shape index (κ1) is 27.4. The van der Waals surface area contributed by atoms with Crippen LogP contribution in [0.1, 0.15) is 129 Å². The number of unbranched alkanes of at least 4 members (excludes halogenated alkanes) is 15. The van der Waals surface area contributed by atoms with Gasteiger partial charge in [-0.25, -0.2) is 0 Å². The van der Waals surface area contributed by atoms with Crippen molar-refractivity contribution in [3.05, 3.63) is 0 Å². The van der Waals surface area contributed by atoms with Crippen LogP contribution in [-0.2, 0) is 9.59 Å². The topological polar surface area (TPSA) is 58.2 Å². The van der Waals surface area contributed by atoms with E-state index in [1.165, 1.54) is 83.5 Å². The molecule has 0 spiro atoms. The standard InChI is InChI=1S/C23H45BrN2O2/c1-2-3-4-5-6-7-10-13-16-19-22(27)25-26-23(28)20-17-14-11-8-9-12-15-18-21-24/h2-21H2,1H3,(H,25,27)(H,26,28).